The fraction of sp³-hybridized carbons (Fsp3) is 0.417. The van der Waals surface area contributed by atoms with E-state index >= 15 is 0 Å². The molecule has 1 atom stereocenters. The number of oxime groups is 1. The Balaban J connectivity index is 2.53. The highest BCUT2D eigenvalue weighted by molar-refractivity contribution is 5.83. The van der Waals surface area contributed by atoms with Crippen LogP contribution in [0.4, 0.5) is 13.2 Å². The number of alkyl halides is 3. The van der Waals surface area contributed by atoms with Crippen LogP contribution in [0.3, 0.4) is 0 Å². The highest BCUT2D eigenvalue weighted by Crippen LogP contribution is 2.21. The van der Waals surface area contributed by atoms with Crippen molar-refractivity contribution < 1.29 is 28.2 Å². The van der Waals surface area contributed by atoms with Crippen LogP contribution >= 0.6 is 0 Å². The van der Waals surface area contributed by atoms with Gasteiger partial charge < -0.3 is 15.1 Å². The first-order valence-corrected chi connectivity index (χ1v) is 5.47. The summed E-state index contributed by atoms with van der Waals surface area (Å²) in [5.41, 5.74) is 1.35. The molecule has 0 aliphatic heterocycles. The standard InChI is InChI=1S/C12H14F3NO3/c1-8(16-18)6-9-2-4-10(5-3-9)19-7-11(17)12(13,14)15/h2-5,11,17-18H,6-7H2,1H3/b16-8-. The molecule has 0 fully saturated rings. The third-order valence-corrected chi connectivity index (χ3v) is 2.34. The molecule has 1 rings (SSSR count). The first-order chi connectivity index (χ1) is 8.82. The Hall–Kier alpha value is -1.76. The third-order valence-electron chi connectivity index (χ3n) is 2.34. The number of halogens is 3. The molecule has 0 aliphatic rings. The van der Waals surface area contributed by atoms with Crippen molar-refractivity contribution in [3.8, 4) is 5.75 Å². The lowest BCUT2D eigenvalue weighted by Gasteiger charge is -2.15. The number of benzene rings is 1. The summed E-state index contributed by atoms with van der Waals surface area (Å²) >= 11 is 0. The molecule has 0 saturated heterocycles. The topological polar surface area (TPSA) is 62.0 Å². The van der Waals surface area contributed by atoms with Gasteiger partial charge in [0.25, 0.3) is 0 Å². The van der Waals surface area contributed by atoms with Crippen molar-refractivity contribution in [1.82, 2.24) is 0 Å². The second-order valence-corrected chi connectivity index (χ2v) is 4.02. The van der Waals surface area contributed by atoms with Crippen LogP contribution in [0.15, 0.2) is 29.4 Å². The Bertz CT molecular complexity index is 429. The first kappa shape index (κ1) is 15.3. The molecule has 0 radical (unpaired) electrons. The van der Waals surface area contributed by atoms with E-state index in [1.807, 2.05) is 0 Å². The van der Waals surface area contributed by atoms with Crippen LogP contribution in [0.2, 0.25) is 0 Å². The fourth-order valence-electron chi connectivity index (χ4n) is 1.30. The number of rotatable bonds is 5. The quantitative estimate of drug-likeness (QED) is 0.493. The molecule has 0 bridgehead atoms. The second-order valence-electron chi connectivity index (χ2n) is 4.02. The van der Waals surface area contributed by atoms with Gasteiger partial charge in [-0.1, -0.05) is 17.3 Å². The molecule has 0 spiro atoms. The zero-order valence-electron chi connectivity index (χ0n) is 10.2. The van der Waals surface area contributed by atoms with E-state index in [1.165, 1.54) is 12.1 Å². The molecule has 4 nitrogen and oxygen atoms in total. The van der Waals surface area contributed by atoms with Gasteiger partial charge in [0.1, 0.15) is 12.4 Å². The van der Waals surface area contributed by atoms with Gasteiger partial charge in [0, 0.05) is 6.42 Å². The van der Waals surface area contributed by atoms with Gasteiger partial charge in [-0.2, -0.15) is 13.2 Å². The van der Waals surface area contributed by atoms with Crippen molar-refractivity contribution in [2.45, 2.75) is 25.6 Å². The molecule has 2 N–H and O–H groups in total. The van der Waals surface area contributed by atoms with E-state index in [1.54, 1.807) is 19.1 Å². The monoisotopic (exact) mass is 277 g/mol. The van der Waals surface area contributed by atoms with Crippen LogP contribution < -0.4 is 4.74 Å². The first-order valence-electron chi connectivity index (χ1n) is 5.47. The van der Waals surface area contributed by atoms with E-state index in [9.17, 15) is 13.2 Å². The molecule has 19 heavy (non-hydrogen) atoms. The van der Waals surface area contributed by atoms with Crippen molar-refractivity contribution >= 4 is 5.71 Å². The lowest BCUT2D eigenvalue weighted by molar-refractivity contribution is -0.210. The minimum Gasteiger partial charge on any atom is -0.491 e. The SMILES string of the molecule is C/C(Cc1ccc(OCC(O)C(F)(F)F)cc1)=N/O. The van der Waals surface area contributed by atoms with Gasteiger partial charge in [0.05, 0.1) is 5.71 Å². The second kappa shape index (κ2) is 6.42. The average Bonchev–Trinajstić information content (AvgIpc) is 2.36. The summed E-state index contributed by atoms with van der Waals surface area (Å²) in [5.74, 6) is 0.227. The van der Waals surface area contributed by atoms with E-state index in [-0.39, 0.29) is 5.75 Å². The van der Waals surface area contributed by atoms with Gasteiger partial charge in [0.15, 0.2) is 6.10 Å². The van der Waals surface area contributed by atoms with Crippen molar-refractivity contribution in [2.24, 2.45) is 5.16 Å². The summed E-state index contributed by atoms with van der Waals surface area (Å²) in [6.45, 7) is 0.796. The van der Waals surface area contributed by atoms with Crippen molar-refractivity contribution in [1.29, 1.82) is 0 Å². The van der Waals surface area contributed by atoms with Crippen LogP contribution in [0.5, 0.6) is 5.75 Å². The van der Waals surface area contributed by atoms with Crippen LogP contribution in [0.25, 0.3) is 0 Å². The summed E-state index contributed by atoms with van der Waals surface area (Å²) in [6, 6.07) is 6.26. The van der Waals surface area contributed by atoms with Crippen LogP contribution in [0.1, 0.15) is 12.5 Å². The van der Waals surface area contributed by atoms with Gasteiger partial charge in [0.2, 0.25) is 0 Å². The van der Waals surface area contributed by atoms with Gasteiger partial charge in [-0.3, -0.25) is 0 Å². The van der Waals surface area contributed by atoms with Crippen molar-refractivity contribution in [2.75, 3.05) is 6.61 Å². The number of hydrogen-bond donors (Lipinski definition) is 2. The number of aliphatic hydroxyl groups excluding tert-OH is 1. The third kappa shape index (κ3) is 5.17. The van der Waals surface area contributed by atoms with Gasteiger partial charge in [-0.05, 0) is 24.6 Å². The number of hydrogen-bond acceptors (Lipinski definition) is 4. The molecular weight excluding hydrogens is 263 g/mol. The molecule has 0 heterocycles. The van der Waals surface area contributed by atoms with Crippen LogP contribution in [-0.4, -0.2) is 34.9 Å². The van der Waals surface area contributed by atoms with Crippen molar-refractivity contribution in [3.05, 3.63) is 29.8 Å². The molecule has 0 aliphatic carbocycles. The Morgan fingerprint density at radius 2 is 1.89 bits per heavy atom. The molecule has 0 aromatic heterocycles. The minimum absolute atomic E-state index is 0.227. The summed E-state index contributed by atoms with van der Waals surface area (Å²) in [6.07, 6.45) is -6.76. The Morgan fingerprint density at radius 3 is 2.37 bits per heavy atom. The molecule has 106 valence electrons. The summed E-state index contributed by atoms with van der Waals surface area (Å²) in [7, 11) is 0. The van der Waals surface area contributed by atoms with Gasteiger partial charge >= 0.3 is 6.18 Å². The van der Waals surface area contributed by atoms with E-state index in [0.29, 0.717) is 12.1 Å². The molecule has 1 aromatic carbocycles. The fourth-order valence-corrected chi connectivity index (χ4v) is 1.30. The number of nitrogens with zero attached hydrogens (tertiary/aromatic N) is 1. The zero-order chi connectivity index (χ0) is 14.5. The lowest BCUT2D eigenvalue weighted by atomic mass is 10.1. The van der Waals surface area contributed by atoms with E-state index in [2.05, 4.69) is 5.16 Å². The maximum atomic E-state index is 12.0. The maximum Gasteiger partial charge on any atom is 0.417 e. The van der Waals surface area contributed by atoms with Crippen molar-refractivity contribution in [3.63, 3.8) is 0 Å². The van der Waals surface area contributed by atoms with E-state index in [0.717, 1.165) is 5.56 Å². The summed E-state index contributed by atoms with van der Waals surface area (Å²) < 4.78 is 40.9. The van der Waals surface area contributed by atoms with E-state index in [4.69, 9.17) is 15.1 Å². The number of ether oxygens (including phenoxy) is 1. The highest BCUT2D eigenvalue weighted by atomic mass is 19.4. The largest absolute Gasteiger partial charge is 0.491 e. The summed E-state index contributed by atoms with van der Waals surface area (Å²) in [5, 5.41) is 20.3. The molecule has 0 saturated carbocycles. The Morgan fingerprint density at radius 1 is 1.32 bits per heavy atom. The smallest absolute Gasteiger partial charge is 0.417 e. The maximum absolute atomic E-state index is 12.0. The molecule has 1 aromatic rings. The normalized spacial score (nSPS) is 14.3. The molecule has 7 heteroatoms. The number of aliphatic hydroxyl groups is 1. The van der Waals surface area contributed by atoms with Gasteiger partial charge in [-0.25, -0.2) is 0 Å². The highest BCUT2D eigenvalue weighted by Gasteiger charge is 2.38. The van der Waals surface area contributed by atoms with Gasteiger partial charge in [-0.15, -0.1) is 0 Å². The zero-order valence-corrected chi connectivity index (χ0v) is 10.2. The van der Waals surface area contributed by atoms with Crippen LogP contribution in [0, 0.1) is 0 Å². The minimum atomic E-state index is -4.69. The lowest BCUT2D eigenvalue weighted by Crippen LogP contribution is -2.34. The molecule has 1 unspecified atom stereocenters. The average molecular weight is 277 g/mol. The molecular formula is C12H14F3NO3. The Labute approximate surface area is 108 Å². The predicted octanol–water partition coefficient (Wildman–Crippen LogP) is 2.38. The van der Waals surface area contributed by atoms with E-state index < -0.39 is 18.9 Å². The summed E-state index contributed by atoms with van der Waals surface area (Å²) in [4.78, 5) is 0. The predicted molar refractivity (Wildman–Crippen MR) is 62.6 cm³/mol. The molecule has 0 amide bonds. The Kier molecular flexibility index (Phi) is 5.17. The van der Waals surface area contributed by atoms with Crippen LogP contribution in [-0.2, 0) is 6.42 Å².